The van der Waals surface area contributed by atoms with Gasteiger partial charge in [-0.1, -0.05) is 12.8 Å². The minimum atomic E-state index is -0.824. The van der Waals surface area contributed by atoms with Gasteiger partial charge >= 0.3 is 5.97 Å². The Labute approximate surface area is 126 Å². The molecule has 0 bridgehead atoms. The van der Waals surface area contributed by atoms with Gasteiger partial charge in [0, 0.05) is 19.1 Å². The number of carbonyl (C=O) groups excluding carboxylic acids is 1. The summed E-state index contributed by atoms with van der Waals surface area (Å²) >= 11 is 0. The van der Waals surface area contributed by atoms with Crippen LogP contribution in [0.2, 0.25) is 0 Å². The molecule has 2 rings (SSSR count). The number of carboxylic acid groups (broad SMARTS) is 1. The van der Waals surface area contributed by atoms with E-state index in [-0.39, 0.29) is 18.1 Å². The van der Waals surface area contributed by atoms with Crippen molar-refractivity contribution in [3.05, 3.63) is 0 Å². The largest absolute Gasteiger partial charge is 0.481 e. The van der Waals surface area contributed by atoms with E-state index in [1.165, 1.54) is 6.42 Å². The highest BCUT2D eigenvalue weighted by molar-refractivity contribution is 5.79. The van der Waals surface area contributed by atoms with Crippen molar-refractivity contribution >= 4 is 11.9 Å². The van der Waals surface area contributed by atoms with Gasteiger partial charge in [-0.05, 0) is 45.4 Å². The third kappa shape index (κ3) is 4.19. The molecule has 1 aliphatic heterocycles. The number of nitrogens with one attached hydrogen (secondary N) is 1. The molecule has 3 atom stereocenters. The van der Waals surface area contributed by atoms with E-state index in [1.807, 2.05) is 0 Å². The SMILES string of the molecule is CC1(C(=O)O)CCCCC1NC(=O)CCC1CCCCO1. The van der Waals surface area contributed by atoms with Gasteiger partial charge in [-0.15, -0.1) is 0 Å². The van der Waals surface area contributed by atoms with Crippen LogP contribution in [0.4, 0.5) is 0 Å². The third-order valence-corrected chi connectivity index (χ3v) is 5.00. The van der Waals surface area contributed by atoms with Gasteiger partial charge in [0.2, 0.25) is 5.91 Å². The summed E-state index contributed by atoms with van der Waals surface area (Å²) in [5.41, 5.74) is -0.824. The molecule has 3 unspecified atom stereocenters. The Bertz CT molecular complexity index is 378. The predicted molar refractivity (Wildman–Crippen MR) is 79.0 cm³/mol. The topological polar surface area (TPSA) is 75.6 Å². The van der Waals surface area contributed by atoms with Crippen LogP contribution < -0.4 is 5.32 Å². The van der Waals surface area contributed by atoms with Crippen LogP contribution in [0.5, 0.6) is 0 Å². The fraction of sp³-hybridized carbons (Fsp3) is 0.875. The zero-order chi connectivity index (χ0) is 15.3. The summed E-state index contributed by atoms with van der Waals surface area (Å²) in [4.78, 5) is 23.6. The first-order valence-electron chi connectivity index (χ1n) is 8.17. The molecule has 5 nitrogen and oxygen atoms in total. The first-order valence-corrected chi connectivity index (χ1v) is 8.17. The van der Waals surface area contributed by atoms with Crippen molar-refractivity contribution in [3.8, 4) is 0 Å². The van der Waals surface area contributed by atoms with Gasteiger partial charge in [0.25, 0.3) is 0 Å². The summed E-state index contributed by atoms with van der Waals surface area (Å²) in [5, 5.41) is 12.4. The maximum atomic E-state index is 12.1. The standard InChI is InChI=1S/C16H27NO4/c1-16(15(19)20)10-4-2-7-13(16)17-14(18)9-8-12-6-3-5-11-21-12/h12-13H,2-11H2,1H3,(H,17,18)(H,19,20). The van der Waals surface area contributed by atoms with Crippen molar-refractivity contribution in [2.45, 2.75) is 76.9 Å². The lowest BCUT2D eigenvalue weighted by Gasteiger charge is -2.38. The van der Waals surface area contributed by atoms with Crippen LogP contribution >= 0.6 is 0 Å². The monoisotopic (exact) mass is 297 g/mol. The van der Waals surface area contributed by atoms with Crippen molar-refractivity contribution in [2.24, 2.45) is 5.41 Å². The molecular formula is C16H27NO4. The molecule has 1 saturated heterocycles. The number of amides is 1. The summed E-state index contributed by atoms with van der Waals surface area (Å²) in [5.74, 6) is -0.841. The molecular weight excluding hydrogens is 270 g/mol. The molecule has 0 aromatic carbocycles. The second-order valence-electron chi connectivity index (χ2n) is 6.62. The van der Waals surface area contributed by atoms with E-state index in [0.717, 1.165) is 45.1 Å². The summed E-state index contributed by atoms with van der Waals surface area (Å²) in [6, 6.07) is -0.247. The minimum absolute atomic E-state index is 0.0384. The van der Waals surface area contributed by atoms with E-state index in [2.05, 4.69) is 5.32 Å². The Hall–Kier alpha value is -1.10. The molecule has 1 amide bonds. The molecule has 2 N–H and O–H groups in total. The molecule has 0 radical (unpaired) electrons. The maximum absolute atomic E-state index is 12.1. The normalized spacial score (nSPS) is 33.4. The first-order chi connectivity index (χ1) is 10.0. The van der Waals surface area contributed by atoms with Crippen molar-refractivity contribution in [3.63, 3.8) is 0 Å². The summed E-state index contributed by atoms with van der Waals surface area (Å²) in [6.45, 7) is 2.55. The molecule has 1 saturated carbocycles. The Balaban J connectivity index is 1.81. The number of aliphatic carboxylic acids is 1. The highest BCUT2D eigenvalue weighted by atomic mass is 16.5. The molecule has 1 heterocycles. The molecule has 21 heavy (non-hydrogen) atoms. The average Bonchev–Trinajstić information content (AvgIpc) is 2.48. The van der Waals surface area contributed by atoms with Gasteiger partial charge in [-0.3, -0.25) is 9.59 Å². The Morgan fingerprint density at radius 1 is 1.24 bits per heavy atom. The third-order valence-electron chi connectivity index (χ3n) is 5.00. The van der Waals surface area contributed by atoms with Crippen LogP contribution in [0.15, 0.2) is 0 Å². The molecule has 1 aliphatic carbocycles. The van der Waals surface area contributed by atoms with Crippen LogP contribution in [0.3, 0.4) is 0 Å². The van der Waals surface area contributed by atoms with Gasteiger partial charge in [0.1, 0.15) is 0 Å². The van der Waals surface area contributed by atoms with E-state index in [1.54, 1.807) is 6.92 Å². The molecule has 120 valence electrons. The zero-order valence-corrected chi connectivity index (χ0v) is 12.9. The van der Waals surface area contributed by atoms with Crippen LogP contribution in [-0.2, 0) is 14.3 Å². The molecule has 0 aromatic rings. The summed E-state index contributed by atoms with van der Waals surface area (Å²) < 4.78 is 5.62. The lowest BCUT2D eigenvalue weighted by molar-refractivity contribution is -0.152. The number of hydrogen-bond donors (Lipinski definition) is 2. The quantitative estimate of drug-likeness (QED) is 0.817. The van der Waals surface area contributed by atoms with Gasteiger partial charge < -0.3 is 15.2 Å². The van der Waals surface area contributed by atoms with Crippen LogP contribution in [0, 0.1) is 5.41 Å². The fourth-order valence-corrected chi connectivity index (χ4v) is 3.41. The van der Waals surface area contributed by atoms with Crippen molar-refractivity contribution in [1.29, 1.82) is 0 Å². The van der Waals surface area contributed by atoms with Crippen molar-refractivity contribution < 1.29 is 19.4 Å². The minimum Gasteiger partial charge on any atom is -0.481 e. The van der Waals surface area contributed by atoms with Crippen LogP contribution in [0.25, 0.3) is 0 Å². The van der Waals surface area contributed by atoms with E-state index in [4.69, 9.17) is 4.74 Å². The number of ether oxygens (including phenoxy) is 1. The van der Waals surface area contributed by atoms with Crippen LogP contribution in [0.1, 0.15) is 64.7 Å². The van der Waals surface area contributed by atoms with E-state index >= 15 is 0 Å². The molecule has 0 aromatic heterocycles. The average molecular weight is 297 g/mol. The van der Waals surface area contributed by atoms with Gasteiger partial charge in [0.15, 0.2) is 0 Å². The Morgan fingerprint density at radius 2 is 2.00 bits per heavy atom. The lowest BCUT2D eigenvalue weighted by atomic mass is 9.71. The summed E-state index contributed by atoms with van der Waals surface area (Å²) in [6.07, 6.45) is 7.98. The van der Waals surface area contributed by atoms with Crippen molar-refractivity contribution in [2.75, 3.05) is 6.61 Å². The molecule has 0 spiro atoms. The maximum Gasteiger partial charge on any atom is 0.311 e. The van der Waals surface area contributed by atoms with Crippen molar-refractivity contribution in [1.82, 2.24) is 5.32 Å². The lowest BCUT2D eigenvalue weighted by Crippen LogP contribution is -2.52. The fourth-order valence-electron chi connectivity index (χ4n) is 3.41. The highest BCUT2D eigenvalue weighted by Crippen LogP contribution is 2.36. The zero-order valence-electron chi connectivity index (χ0n) is 12.9. The summed E-state index contributed by atoms with van der Waals surface area (Å²) in [7, 11) is 0. The molecule has 5 heteroatoms. The highest BCUT2D eigenvalue weighted by Gasteiger charge is 2.43. The Morgan fingerprint density at radius 3 is 2.67 bits per heavy atom. The number of carboxylic acids is 1. The van der Waals surface area contributed by atoms with Gasteiger partial charge in [0.05, 0.1) is 11.5 Å². The number of hydrogen-bond acceptors (Lipinski definition) is 3. The van der Waals surface area contributed by atoms with Gasteiger partial charge in [-0.25, -0.2) is 0 Å². The smallest absolute Gasteiger partial charge is 0.311 e. The predicted octanol–water partition coefficient (Wildman–Crippen LogP) is 2.49. The Kier molecular flexibility index (Phi) is 5.62. The molecule has 2 aliphatic rings. The van der Waals surface area contributed by atoms with Crippen LogP contribution in [-0.4, -0.2) is 35.7 Å². The first kappa shape index (κ1) is 16.3. The number of carbonyl (C=O) groups is 2. The van der Waals surface area contributed by atoms with E-state index < -0.39 is 11.4 Å². The van der Waals surface area contributed by atoms with Gasteiger partial charge in [-0.2, -0.15) is 0 Å². The number of rotatable bonds is 5. The molecule has 2 fully saturated rings. The van der Waals surface area contributed by atoms with E-state index in [9.17, 15) is 14.7 Å². The second kappa shape index (κ2) is 7.25. The second-order valence-corrected chi connectivity index (χ2v) is 6.62. The van der Waals surface area contributed by atoms with E-state index in [0.29, 0.717) is 12.8 Å².